The molecule has 1 aliphatic heterocycles. The smallest absolute Gasteiger partial charge is 0.185 e. The largest absolute Gasteiger partial charge is 0.345 e. The van der Waals surface area contributed by atoms with Crippen LogP contribution in [0.3, 0.4) is 0 Å². The quantitative estimate of drug-likeness (QED) is 0.915. The van der Waals surface area contributed by atoms with Gasteiger partial charge in [0.25, 0.3) is 0 Å². The lowest BCUT2D eigenvalue weighted by molar-refractivity contribution is 0.648. The Bertz CT molecular complexity index is 517. The Morgan fingerprint density at radius 1 is 1.15 bits per heavy atom. The van der Waals surface area contributed by atoms with Crippen molar-refractivity contribution in [2.75, 3.05) is 42.5 Å². The summed E-state index contributed by atoms with van der Waals surface area (Å²) in [5.41, 5.74) is 1.15. The SMILES string of the molecule is CCNCc1csc(N2CCN(c3nccs3)CC2)n1. The zero-order valence-corrected chi connectivity index (χ0v) is 13.2. The van der Waals surface area contributed by atoms with Crippen molar-refractivity contribution >= 4 is 32.9 Å². The Hall–Kier alpha value is -1.18. The molecule has 0 atom stereocenters. The van der Waals surface area contributed by atoms with E-state index in [1.54, 1.807) is 22.7 Å². The molecule has 1 aliphatic rings. The van der Waals surface area contributed by atoms with Gasteiger partial charge in [-0.25, -0.2) is 9.97 Å². The summed E-state index contributed by atoms with van der Waals surface area (Å²) < 4.78 is 0. The van der Waals surface area contributed by atoms with Gasteiger partial charge in [0.05, 0.1) is 5.69 Å². The van der Waals surface area contributed by atoms with E-state index < -0.39 is 0 Å². The molecular weight excluding hydrogens is 290 g/mol. The number of anilines is 2. The van der Waals surface area contributed by atoms with Crippen molar-refractivity contribution < 1.29 is 0 Å². The van der Waals surface area contributed by atoms with Crippen LogP contribution in [-0.2, 0) is 6.54 Å². The lowest BCUT2D eigenvalue weighted by atomic mass is 10.3. The van der Waals surface area contributed by atoms with Gasteiger partial charge in [-0.15, -0.1) is 22.7 Å². The topological polar surface area (TPSA) is 44.3 Å². The van der Waals surface area contributed by atoms with Gasteiger partial charge in [0.2, 0.25) is 0 Å². The van der Waals surface area contributed by atoms with Crippen LogP contribution in [0.4, 0.5) is 10.3 Å². The number of hydrogen-bond donors (Lipinski definition) is 1. The number of piperazine rings is 1. The molecule has 3 rings (SSSR count). The highest BCUT2D eigenvalue weighted by molar-refractivity contribution is 7.14. The zero-order chi connectivity index (χ0) is 13.8. The monoisotopic (exact) mass is 309 g/mol. The van der Waals surface area contributed by atoms with Gasteiger partial charge in [0.1, 0.15) is 0 Å². The first-order valence-electron chi connectivity index (χ1n) is 6.91. The standard InChI is InChI=1S/C13H19N5S2/c1-2-14-9-11-10-20-13(16-11)18-6-4-17(5-7-18)12-15-3-8-19-12/h3,8,10,14H,2,4-7,9H2,1H3. The van der Waals surface area contributed by atoms with Crippen molar-refractivity contribution in [3.05, 3.63) is 22.7 Å². The van der Waals surface area contributed by atoms with Gasteiger partial charge in [-0.3, -0.25) is 0 Å². The Morgan fingerprint density at radius 3 is 2.55 bits per heavy atom. The number of rotatable bonds is 5. The van der Waals surface area contributed by atoms with Crippen molar-refractivity contribution in [2.45, 2.75) is 13.5 Å². The molecule has 5 nitrogen and oxygen atoms in total. The second-order valence-corrected chi connectivity index (χ2v) is 6.40. The van der Waals surface area contributed by atoms with Gasteiger partial charge in [-0.2, -0.15) is 0 Å². The molecule has 0 aliphatic carbocycles. The fraction of sp³-hybridized carbons (Fsp3) is 0.538. The second kappa shape index (κ2) is 6.51. The molecule has 0 bridgehead atoms. The van der Waals surface area contributed by atoms with Crippen LogP contribution in [0.1, 0.15) is 12.6 Å². The normalized spacial score (nSPS) is 15.8. The summed E-state index contributed by atoms with van der Waals surface area (Å²) in [6, 6.07) is 0. The highest BCUT2D eigenvalue weighted by Crippen LogP contribution is 2.24. The van der Waals surface area contributed by atoms with E-state index in [0.717, 1.165) is 55.2 Å². The number of hydrogen-bond acceptors (Lipinski definition) is 7. The molecule has 0 saturated carbocycles. The van der Waals surface area contributed by atoms with E-state index in [2.05, 4.69) is 32.4 Å². The van der Waals surface area contributed by atoms with Crippen molar-refractivity contribution in [1.82, 2.24) is 15.3 Å². The predicted molar refractivity (Wildman–Crippen MR) is 86.0 cm³/mol. The van der Waals surface area contributed by atoms with Crippen molar-refractivity contribution in [2.24, 2.45) is 0 Å². The third-order valence-corrected chi connectivity index (χ3v) is 5.12. The molecule has 7 heteroatoms. The number of thiazole rings is 2. The fourth-order valence-electron chi connectivity index (χ4n) is 2.24. The molecule has 108 valence electrons. The van der Waals surface area contributed by atoms with Crippen LogP contribution in [0.5, 0.6) is 0 Å². The Morgan fingerprint density at radius 2 is 1.90 bits per heavy atom. The van der Waals surface area contributed by atoms with E-state index in [-0.39, 0.29) is 0 Å². The van der Waals surface area contributed by atoms with Crippen LogP contribution in [0.25, 0.3) is 0 Å². The predicted octanol–water partition coefficient (Wildman–Crippen LogP) is 2.04. The molecule has 20 heavy (non-hydrogen) atoms. The third kappa shape index (κ3) is 3.11. The van der Waals surface area contributed by atoms with E-state index in [0.29, 0.717) is 0 Å². The molecule has 0 spiro atoms. The highest BCUT2D eigenvalue weighted by Gasteiger charge is 2.20. The molecule has 2 aromatic heterocycles. The Balaban J connectivity index is 1.56. The van der Waals surface area contributed by atoms with E-state index in [1.807, 2.05) is 11.6 Å². The molecular formula is C13H19N5S2. The van der Waals surface area contributed by atoms with Crippen LogP contribution < -0.4 is 15.1 Å². The van der Waals surface area contributed by atoms with Crippen LogP contribution in [0.15, 0.2) is 17.0 Å². The van der Waals surface area contributed by atoms with Crippen molar-refractivity contribution in [3.8, 4) is 0 Å². The molecule has 0 amide bonds. The van der Waals surface area contributed by atoms with Crippen LogP contribution in [0.2, 0.25) is 0 Å². The second-order valence-electron chi connectivity index (χ2n) is 4.69. The van der Waals surface area contributed by atoms with E-state index in [1.165, 1.54) is 0 Å². The molecule has 0 unspecified atom stereocenters. The Kier molecular flexibility index (Phi) is 4.49. The van der Waals surface area contributed by atoms with Gasteiger partial charge in [0, 0.05) is 49.7 Å². The lowest BCUT2D eigenvalue weighted by Gasteiger charge is -2.34. The first-order valence-corrected chi connectivity index (χ1v) is 8.67. The van der Waals surface area contributed by atoms with Gasteiger partial charge < -0.3 is 15.1 Å². The van der Waals surface area contributed by atoms with Crippen LogP contribution >= 0.6 is 22.7 Å². The summed E-state index contributed by atoms with van der Waals surface area (Å²) in [5.74, 6) is 0. The molecule has 3 heterocycles. The molecule has 2 aromatic rings. The van der Waals surface area contributed by atoms with Gasteiger partial charge in [-0.05, 0) is 6.54 Å². The molecule has 1 fully saturated rings. The van der Waals surface area contributed by atoms with Gasteiger partial charge in [-0.1, -0.05) is 6.92 Å². The maximum atomic E-state index is 4.71. The number of nitrogens with one attached hydrogen (secondary N) is 1. The number of nitrogens with zero attached hydrogens (tertiary/aromatic N) is 4. The summed E-state index contributed by atoms with van der Waals surface area (Å²) in [4.78, 5) is 13.8. The molecule has 1 N–H and O–H groups in total. The van der Waals surface area contributed by atoms with Crippen molar-refractivity contribution in [1.29, 1.82) is 0 Å². The maximum absolute atomic E-state index is 4.71. The number of aromatic nitrogens is 2. The minimum absolute atomic E-state index is 0.867. The summed E-state index contributed by atoms with van der Waals surface area (Å²) in [7, 11) is 0. The van der Waals surface area contributed by atoms with Crippen LogP contribution in [0, 0.1) is 0 Å². The maximum Gasteiger partial charge on any atom is 0.185 e. The van der Waals surface area contributed by atoms with Crippen LogP contribution in [-0.4, -0.2) is 42.7 Å². The third-order valence-electron chi connectivity index (χ3n) is 3.34. The zero-order valence-electron chi connectivity index (χ0n) is 11.6. The van der Waals surface area contributed by atoms with Crippen molar-refractivity contribution in [3.63, 3.8) is 0 Å². The lowest BCUT2D eigenvalue weighted by Crippen LogP contribution is -2.46. The molecule has 1 saturated heterocycles. The molecule has 0 aromatic carbocycles. The average Bonchev–Trinajstić information content (AvgIpc) is 3.17. The van der Waals surface area contributed by atoms with Gasteiger partial charge >= 0.3 is 0 Å². The minimum Gasteiger partial charge on any atom is -0.345 e. The highest BCUT2D eigenvalue weighted by atomic mass is 32.1. The van der Waals surface area contributed by atoms with Gasteiger partial charge in [0.15, 0.2) is 10.3 Å². The first kappa shape index (κ1) is 13.8. The van der Waals surface area contributed by atoms with E-state index in [4.69, 9.17) is 4.98 Å². The summed E-state index contributed by atoms with van der Waals surface area (Å²) >= 11 is 3.46. The van der Waals surface area contributed by atoms with E-state index >= 15 is 0 Å². The van der Waals surface area contributed by atoms with E-state index in [9.17, 15) is 0 Å². The fourth-order valence-corrected chi connectivity index (χ4v) is 3.81. The summed E-state index contributed by atoms with van der Waals surface area (Å²) in [6.07, 6.45) is 1.88. The molecule has 0 radical (unpaired) electrons. The average molecular weight is 309 g/mol. The summed E-state index contributed by atoms with van der Waals surface area (Å²) in [5, 5.41) is 9.80. The minimum atomic E-state index is 0.867. The summed E-state index contributed by atoms with van der Waals surface area (Å²) in [6.45, 7) is 8.06. The Labute approximate surface area is 127 Å². The first-order chi connectivity index (χ1) is 9.86.